The fourth-order valence-corrected chi connectivity index (χ4v) is 1.61. The molecule has 104 valence electrons. The third-order valence-electron chi connectivity index (χ3n) is 2.56. The van der Waals surface area contributed by atoms with Crippen LogP contribution < -0.4 is 15.8 Å². The van der Waals surface area contributed by atoms with Crippen molar-refractivity contribution in [3.63, 3.8) is 0 Å². The first-order valence-electron chi connectivity index (χ1n) is 5.87. The Hall–Kier alpha value is -2.15. The summed E-state index contributed by atoms with van der Waals surface area (Å²) in [5, 5.41) is 13.9. The van der Waals surface area contributed by atoms with Crippen LogP contribution in [0.4, 0.5) is 5.69 Å². The first-order valence-corrected chi connectivity index (χ1v) is 5.87. The van der Waals surface area contributed by atoms with Crippen molar-refractivity contribution in [3.8, 4) is 5.75 Å². The normalized spacial score (nSPS) is 11.9. The van der Waals surface area contributed by atoms with E-state index in [4.69, 9.17) is 10.5 Å². The van der Waals surface area contributed by atoms with Crippen molar-refractivity contribution in [2.75, 3.05) is 7.05 Å². The molecule has 0 saturated heterocycles. The van der Waals surface area contributed by atoms with Crippen molar-refractivity contribution in [1.82, 2.24) is 5.32 Å². The number of nitro benzene ring substituents is 1. The number of hydrogen-bond acceptors (Lipinski definition) is 5. The van der Waals surface area contributed by atoms with E-state index in [1.807, 2.05) is 0 Å². The molecule has 1 unspecified atom stereocenters. The van der Waals surface area contributed by atoms with Gasteiger partial charge in [0.05, 0.1) is 4.92 Å². The van der Waals surface area contributed by atoms with Crippen LogP contribution in [0.2, 0.25) is 0 Å². The van der Waals surface area contributed by atoms with Crippen LogP contribution in [0, 0.1) is 10.1 Å². The molecule has 0 fully saturated rings. The van der Waals surface area contributed by atoms with Gasteiger partial charge in [-0.05, 0) is 25.1 Å². The predicted molar refractivity (Wildman–Crippen MR) is 69.8 cm³/mol. The highest BCUT2D eigenvalue weighted by atomic mass is 16.6. The van der Waals surface area contributed by atoms with E-state index >= 15 is 0 Å². The molecule has 0 aromatic heterocycles. The summed E-state index contributed by atoms with van der Waals surface area (Å²) in [6.07, 6.45) is -0.522. The molecule has 0 heterocycles. The molecule has 0 bridgehead atoms. The summed E-state index contributed by atoms with van der Waals surface area (Å²) < 4.78 is 5.36. The first kappa shape index (κ1) is 14.9. The number of primary amides is 1. The van der Waals surface area contributed by atoms with Crippen LogP contribution in [0.25, 0.3) is 0 Å². The second-order valence-electron chi connectivity index (χ2n) is 4.01. The van der Waals surface area contributed by atoms with Gasteiger partial charge in [-0.3, -0.25) is 14.9 Å². The highest BCUT2D eigenvalue weighted by Gasteiger charge is 2.21. The molecule has 1 atom stereocenters. The van der Waals surface area contributed by atoms with Crippen LogP contribution >= 0.6 is 0 Å². The average Bonchev–Trinajstić information content (AvgIpc) is 2.35. The smallest absolute Gasteiger partial charge is 0.310 e. The van der Waals surface area contributed by atoms with E-state index in [9.17, 15) is 14.9 Å². The first-order chi connectivity index (χ1) is 8.99. The summed E-state index contributed by atoms with van der Waals surface area (Å²) in [6.45, 7) is 2.26. The van der Waals surface area contributed by atoms with Gasteiger partial charge in [0, 0.05) is 12.6 Å². The molecule has 0 radical (unpaired) electrons. The highest BCUT2D eigenvalue weighted by Crippen LogP contribution is 2.29. The van der Waals surface area contributed by atoms with E-state index in [1.54, 1.807) is 26.1 Å². The summed E-state index contributed by atoms with van der Waals surface area (Å²) >= 11 is 0. The molecule has 7 heteroatoms. The Morgan fingerprint density at radius 2 is 2.26 bits per heavy atom. The largest absolute Gasteiger partial charge is 0.473 e. The molecule has 3 N–H and O–H groups in total. The van der Waals surface area contributed by atoms with Crippen molar-refractivity contribution < 1.29 is 14.5 Å². The number of nitro groups is 1. The lowest BCUT2D eigenvalue weighted by Crippen LogP contribution is -2.33. The summed E-state index contributed by atoms with van der Waals surface area (Å²) in [5.41, 5.74) is 5.81. The molecule has 0 aliphatic rings. The number of nitrogens with two attached hydrogens (primary N) is 1. The number of hydrogen-bond donors (Lipinski definition) is 2. The maximum atomic E-state index is 11.1. The Kier molecular flexibility index (Phi) is 5.25. The zero-order chi connectivity index (χ0) is 14.4. The summed E-state index contributed by atoms with van der Waals surface area (Å²) in [4.78, 5) is 21.5. The van der Waals surface area contributed by atoms with Crippen LogP contribution in [0.1, 0.15) is 18.9 Å². The molecule has 0 aliphatic carbocycles. The van der Waals surface area contributed by atoms with E-state index in [0.717, 1.165) is 5.56 Å². The van der Waals surface area contributed by atoms with Gasteiger partial charge >= 0.3 is 5.69 Å². The minimum Gasteiger partial charge on any atom is -0.473 e. The third kappa shape index (κ3) is 3.92. The molecule has 0 saturated carbocycles. The molecule has 0 spiro atoms. The number of carbonyl (C=O) groups is 1. The van der Waals surface area contributed by atoms with Crippen molar-refractivity contribution in [3.05, 3.63) is 33.9 Å². The van der Waals surface area contributed by atoms with E-state index < -0.39 is 16.9 Å². The minimum atomic E-state index is -0.872. The lowest BCUT2D eigenvalue weighted by molar-refractivity contribution is -0.386. The van der Waals surface area contributed by atoms with Crippen molar-refractivity contribution in [2.24, 2.45) is 5.73 Å². The molecule has 1 amide bonds. The number of rotatable bonds is 7. The molecule has 1 aromatic rings. The third-order valence-corrected chi connectivity index (χ3v) is 2.56. The molecule has 1 rings (SSSR count). The van der Waals surface area contributed by atoms with Gasteiger partial charge in [0.15, 0.2) is 11.9 Å². The number of carbonyl (C=O) groups excluding carboxylic acids is 1. The minimum absolute atomic E-state index is 0.0587. The Balaban J connectivity index is 3.09. The van der Waals surface area contributed by atoms with Crippen molar-refractivity contribution in [1.29, 1.82) is 0 Å². The maximum absolute atomic E-state index is 11.1. The number of ether oxygens (including phenoxy) is 1. The van der Waals surface area contributed by atoms with Crippen molar-refractivity contribution in [2.45, 2.75) is 26.0 Å². The Morgan fingerprint density at radius 1 is 1.58 bits per heavy atom. The van der Waals surface area contributed by atoms with Crippen LogP contribution in [0.5, 0.6) is 5.75 Å². The zero-order valence-electron chi connectivity index (χ0n) is 10.9. The number of nitrogens with zero attached hydrogens (tertiary/aromatic N) is 1. The maximum Gasteiger partial charge on any atom is 0.310 e. The molecular formula is C12H17N3O4. The van der Waals surface area contributed by atoms with Gasteiger partial charge in [-0.15, -0.1) is 0 Å². The van der Waals surface area contributed by atoms with E-state index in [2.05, 4.69) is 5.32 Å². The fraction of sp³-hybridized carbons (Fsp3) is 0.417. The van der Waals surface area contributed by atoms with Gasteiger partial charge in [-0.1, -0.05) is 13.0 Å². The van der Waals surface area contributed by atoms with Gasteiger partial charge in [0.25, 0.3) is 5.91 Å². The van der Waals surface area contributed by atoms with Gasteiger partial charge in [-0.25, -0.2) is 0 Å². The Bertz CT molecular complexity index is 476. The number of benzene rings is 1. The molecule has 1 aromatic carbocycles. The number of nitrogens with one attached hydrogen (secondary N) is 1. The Morgan fingerprint density at radius 3 is 2.74 bits per heavy atom. The van der Waals surface area contributed by atoms with Gasteiger partial charge in [0.1, 0.15) is 0 Å². The lowest BCUT2D eigenvalue weighted by atomic mass is 10.2. The van der Waals surface area contributed by atoms with Crippen molar-refractivity contribution >= 4 is 11.6 Å². The topological polar surface area (TPSA) is 107 Å². The van der Waals surface area contributed by atoms with E-state index in [1.165, 1.54) is 6.07 Å². The monoisotopic (exact) mass is 267 g/mol. The van der Waals surface area contributed by atoms with Crippen LogP contribution in [-0.2, 0) is 11.3 Å². The summed E-state index contributed by atoms with van der Waals surface area (Å²) in [7, 11) is 1.76. The second kappa shape index (κ2) is 6.69. The van der Waals surface area contributed by atoms with Crippen LogP contribution in [-0.4, -0.2) is 24.0 Å². The van der Waals surface area contributed by atoms with E-state index in [-0.39, 0.29) is 11.4 Å². The quantitative estimate of drug-likeness (QED) is 0.565. The standard InChI is InChI=1S/C12H17N3O4/c1-3-10(12(13)16)19-11-6-8(7-14-2)4-5-9(11)15(17)18/h4-6,10,14H,3,7H2,1-2H3,(H2,13,16). The fourth-order valence-electron chi connectivity index (χ4n) is 1.61. The molecule has 19 heavy (non-hydrogen) atoms. The molecule has 0 aliphatic heterocycles. The summed E-state index contributed by atoms with van der Waals surface area (Å²) in [6, 6.07) is 4.53. The highest BCUT2D eigenvalue weighted by molar-refractivity contribution is 5.79. The van der Waals surface area contributed by atoms with Crippen LogP contribution in [0.3, 0.4) is 0 Å². The predicted octanol–water partition coefficient (Wildman–Crippen LogP) is 0.957. The van der Waals surface area contributed by atoms with Gasteiger partial charge < -0.3 is 15.8 Å². The summed E-state index contributed by atoms with van der Waals surface area (Å²) in [5.74, 6) is -0.584. The van der Waals surface area contributed by atoms with Gasteiger partial charge in [-0.2, -0.15) is 0 Å². The van der Waals surface area contributed by atoms with Crippen LogP contribution in [0.15, 0.2) is 18.2 Å². The molecule has 7 nitrogen and oxygen atoms in total. The number of amides is 1. The Labute approximate surface area is 110 Å². The van der Waals surface area contributed by atoms with E-state index in [0.29, 0.717) is 13.0 Å². The average molecular weight is 267 g/mol. The SMILES string of the molecule is CCC(Oc1cc(CNC)ccc1[N+](=O)[O-])C(N)=O. The second-order valence-corrected chi connectivity index (χ2v) is 4.01. The molecular weight excluding hydrogens is 250 g/mol. The zero-order valence-corrected chi connectivity index (χ0v) is 10.9. The lowest BCUT2D eigenvalue weighted by Gasteiger charge is -2.14. The van der Waals surface area contributed by atoms with Gasteiger partial charge in [0.2, 0.25) is 0 Å².